The molecule has 44 heavy (non-hydrogen) atoms. The normalized spacial score (nSPS) is 28.9. The second kappa shape index (κ2) is 9.68. The van der Waals surface area contributed by atoms with Gasteiger partial charge in [-0.15, -0.1) is 6.42 Å². The number of halogens is 2. The van der Waals surface area contributed by atoms with E-state index >= 15 is 0 Å². The van der Waals surface area contributed by atoms with Crippen molar-refractivity contribution in [2.45, 2.75) is 61.9 Å². The maximum atomic E-state index is 14.9. The number of fused-ring (bicyclic) bond motifs is 7. The summed E-state index contributed by atoms with van der Waals surface area (Å²) in [4.78, 5) is 24.1. The number of terminal acetylenes is 1. The number of nitrogens with one attached hydrogen (secondary N) is 1. The van der Waals surface area contributed by atoms with Gasteiger partial charge in [0.2, 0.25) is 5.88 Å². The van der Waals surface area contributed by atoms with E-state index in [1.807, 2.05) is 18.2 Å². The molecule has 224 valence electrons. The lowest BCUT2D eigenvalue weighted by atomic mass is 9.95. The van der Waals surface area contributed by atoms with Gasteiger partial charge in [0.15, 0.2) is 17.3 Å². The minimum absolute atomic E-state index is 0.0445. The van der Waals surface area contributed by atoms with Gasteiger partial charge in [-0.2, -0.15) is 15.0 Å². The summed E-state index contributed by atoms with van der Waals surface area (Å²) >= 11 is 0. The number of hydrogen-bond donors (Lipinski definition) is 1. The predicted molar refractivity (Wildman–Crippen MR) is 161 cm³/mol. The van der Waals surface area contributed by atoms with E-state index in [2.05, 4.69) is 21.0 Å². The minimum Gasteiger partial charge on any atom is -0.475 e. The maximum absolute atomic E-state index is 14.9. The predicted octanol–water partition coefficient (Wildman–Crippen LogP) is 4.02. The molecule has 0 aliphatic carbocycles. The molecule has 4 aromatic rings. The van der Waals surface area contributed by atoms with Crippen molar-refractivity contribution >= 4 is 27.6 Å². The molecule has 4 saturated heterocycles. The van der Waals surface area contributed by atoms with Gasteiger partial charge in [0.05, 0.1) is 17.1 Å². The lowest BCUT2D eigenvalue weighted by molar-refractivity contribution is 0.107. The molecule has 5 aliphatic heterocycles. The van der Waals surface area contributed by atoms with Crippen LogP contribution in [0.1, 0.15) is 37.7 Å². The van der Waals surface area contributed by atoms with Gasteiger partial charge in [0.1, 0.15) is 30.6 Å². The SMILES string of the molecule is C#Cc1c(F)ccc2cccc(-c3nc4c5c(nc(OC[C@@]67CCCN6C[C@H](F)C7)nc5n3)N3CC5CCC(N5)C3CO4)c12. The van der Waals surface area contributed by atoms with Crippen molar-refractivity contribution in [2.75, 3.05) is 37.7 Å². The van der Waals surface area contributed by atoms with Crippen LogP contribution < -0.4 is 19.7 Å². The highest BCUT2D eigenvalue weighted by Gasteiger charge is 2.50. The first-order chi connectivity index (χ1) is 21.5. The zero-order chi connectivity index (χ0) is 29.6. The third-order valence-electron chi connectivity index (χ3n) is 10.3. The summed E-state index contributed by atoms with van der Waals surface area (Å²) in [6.07, 6.45) is 9.43. The molecule has 4 fully saturated rings. The summed E-state index contributed by atoms with van der Waals surface area (Å²) in [6, 6.07) is 9.52. The van der Waals surface area contributed by atoms with Gasteiger partial charge in [0.25, 0.3) is 0 Å². The molecule has 3 unspecified atom stereocenters. The highest BCUT2D eigenvalue weighted by atomic mass is 19.1. The van der Waals surface area contributed by atoms with Crippen molar-refractivity contribution in [1.29, 1.82) is 0 Å². The largest absolute Gasteiger partial charge is 0.475 e. The molecule has 7 heterocycles. The highest BCUT2D eigenvalue weighted by Crippen LogP contribution is 2.43. The Morgan fingerprint density at radius 1 is 1.11 bits per heavy atom. The van der Waals surface area contributed by atoms with Crippen molar-refractivity contribution in [3.8, 4) is 35.6 Å². The topological polar surface area (TPSA) is 88.5 Å². The molecular formula is C33H31F2N7O2. The van der Waals surface area contributed by atoms with E-state index in [0.717, 1.165) is 44.2 Å². The number of hydrogen-bond acceptors (Lipinski definition) is 9. The molecule has 5 aliphatic rings. The Morgan fingerprint density at radius 2 is 2.05 bits per heavy atom. The number of nitrogens with zero attached hydrogens (tertiary/aromatic N) is 6. The maximum Gasteiger partial charge on any atom is 0.320 e. The molecular weight excluding hydrogens is 564 g/mol. The van der Waals surface area contributed by atoms with Crippen molar-refractivity contribution < 1.29 is 18.3 Å². The Kier molecular flexibility index (Phi) is 5.78. The lowest BCUT2D eigenvalue weighted by Crippen LogP contribution is -2.60. The molecule has 2 bridgehead atoms. The number of ether oxygens (including phenoxy) is 2. The Morgan fingerprint density at radius 3 is 2.95 bits per heavy atom. The summed E-state index contributed by atoms with van der Waals surface area (Å²) < 4.78 is 42.2. The zero-order valence-electron chi connectivity index (χ0n) is 24.1. The average Bonchev–Trinajstić information content (AvgIpc) is 3.66. The van der Waals surface area contributed by atoms with Crippen LogP contribution in [0.4, 0.5) is 14.6 Å². The monoisotopic (exact) mass is 595 g/mol. The quantitative estimate of drug-likeness (QED) is 0.352. The number of rotatable bonds is 4. The van der Waals surface area contributed by atoms with Crippen LogP contribution in [0, 0.1) is 18.2 Å². The van der Waals surface area contributed by atoms with Gasteiger partial charge < -0.3 is 19.7 Å². The van der Waals surface area contributed by atoms with E-state index in [4.69, 9.17) is 35.8 Å². The molecule has 0 spiro atoms. The number of piperazine rings is 1. The van der Waals surface area contributed by atoms with Crippen molar-refractivity contribution in [3.63, 3.8) is 0 Å². The van der Waals surface area contributed by atoms with Crippen LogP contribution in [0.25, 0.3) is 33.2 Å². The van der Waals surface area contributed by atoms with E-state index in [1.54, 1.807) is 6.07 Å². The van der Waals surface area contributed by atoms with Gasteiger partial charge in [-0.3, -0.25) is 4.90 Å². The Labute approximate surface area is 253 Å². The van der Waals surface area contributed by atoms with Crippen molar-refractivity contribution in [1.82, 2.24) is 30.2 Å². The summed E-state index contributed by atoms with van der Waals surface area (Å²) in [5.74, 6) is 3.43. The van der Waals surface area contributed by atoms with E-state index in [0.29, 0.717) is 71.7 Å². The van der Waals surface area contributed by atoms with Crippen LogP contribution in [0.3, 0.4) is 0 Å². The summed E-state index contributed by atoms with van der Waals surface area (Å²) in [5, 5.41) is 5.69. The molecule has 11 heteroatoms. The molecule has 9 rings (SSSR count). The lowest BCUT2D eigenvalue weighted by Gasteiger charge is -2.40. The molecule has 0 radical (unpaired) electrons. The molecule has 9 nitrogen and oxygen atoms in total. The van der Waals surface area contributed by atoms with Gasteiger partial charge in [-0.05, 0) is 43.7 Å². The third kappa shape index (κ3) is 3.90. The van der Waals surface area contributed by atoms with Gasteiger partial charge in [-0.1, -0.05) is 30.2 Å². The second-order valence-corrected chi connectivity index (χ2v) is 12.8. The first-order valence-electron chi connectivity index (χ1n) is 15.4. The summed E-state index contributed by atoms with van der Waals surface area (Å²) in [7, 11) is 0. The Balaban J connectivity index is 1.21. The van der Waals surface area contributed by atoms with Gasteiger partial charge in [0, 0.05) is 42.5 Å². The highest BCUT2D eigenvalue weighted by molar-refractivity contribution is 6.01. The fourth-order valence-corrected chi connectivity index (χ4v) is 8.30. The van der Waals surface area contributed by atoms with E-state index < -0.39 is 12.0 Å². The smallest absolute Gasteiger partial charge is 0.320 e. The third-order valence-corrected chi connectivity index (χ3v) is 10.3. The minimum atomic E-state index is -0.855. The van der Waals surface area contributed by atoms with Crippen LogP contribution >= 0.6 is 0 Å². The van der Waals surface area contributed by atoms with Crippen LogP contribution in [0.5, 0.6) is 11.9 Å². The van der Waals surface area contributed by atoms with Gasteiger partial charge >= 0.3 is 6.01 Å². The van der Waals surface area contributed by atoms with E-state index in [9.17, 15) is 8.78 Å². The van der Waals surface area contributed by atoms with Gasteiger partial charge in [-0.25, -0.2) is 13.8 Å². The van der Waals surface area contributed by atoms with E-state index in [-0.39, 0.29) is 29.2 Å². The first kappa shape index (κ1) is 26.3. The first-order valence-corrected chi connectivity index (χ1v) is 15.4. The Bertz CT molecular complexity index is 1880. The average molecular weight is 596 g/mol. The van der Waals surface area contributed by atoms with Crippen LogP contribution in [0.2, 0.25) is 0 Å². The van der Waals surface area contributed by atoms with Crippen molar-refractivity contribution in [2.24, 2.45) is 0 Å². The summed E-state index contributed by atoms with van der Waals surface area (Å²) in [6.45, 7) is 2.82. The number of alkyl halides is 1. The molecule has 2 aromatic heterocycles. The van der Waals surface area contributed by atoms with Crippen LogP contribution in [-0.2, 0) is 0 Å². The number of benzene rings is 2. The Hall–Kier alpha value is -4.14. The zero-order valence-corrected chi connectivity index (χ0v) is 24.1. The molecule has 0 saturated carbocycles. The standard InChI is InChI=1S/C33H31F2N7O2/c1-2-21-23(35)9-7-18-5-3-6-22(26(18)21)28-37-29-27-30(42-15-20-8-10-24(36-20)25(42)16-43-31(27)38-28)40-32(39-29)44-17-33-11-4-12-41(33)14-19(34)13-33/h1,3,5-7,9,19-20,24-25,36H,4,8,10-17H2/t19-,20?,24?,25?,33+/m1/s1. The van der Waals surface area contributed by atoms with Crippen LogP contribution in [0.15, 0.2) is 30.3 Å². The second-order valence-electron chi connectivity index (χ2n) is 12.8. The molecule has 5 atom stereocenters. The van der Waals surface area contributed by atoms with Crippen molar-refractivity contribution in [3.05, 3.63) is 41.7 Å². The molecule has 1 N–H and O–H groups in total. The number of aromatic nitrogens is 4. The molecule has 0 amide bonds. The number of anilines is 1. The van der Waals surface area contributed by atoms with Crippen LogP contribution in [-0.4, -0.2) is 87.5 Å². The molecule has 2 aromatic carbocycles. The summed E-state index contributed by atoms with van der Waals surface area (Å²) in [5.41, 5.74) is 0.778. The van der Waals surface area contributed by atoms with E-state index in [1.165, 1.54) is 6.07 Å². The fourth-order valence-electron chi connectivity index (χ4n) is 8.30. The fraction of sp³-hybridized carbons (Fsp3) is 0.455.